The Labute approximate surface area is 194 Å². The third-order valence-electron chi connectivity index (χ3n) is 5.12. The van der Waals surface area contributed by atoms with Crippen LogP contribution in [-0.2, 0) is 0 Å². The lowest BCUT2D eigenvalue weighted by molar-refractivity contribution is 0.151. The van der Waals surface area contributed by atoms with Crippen LogP contribution < -0.4 is 22.3 Å². The van der Waals surface area contributed by atoms with Crippen molar-refractivity contribution >= 4 is 28.5 Å². The average molecular weight is 491 g/mol. The van der Waals surface area contributed by atoms with Crippen molar-refractivity contribution in [2.45, 2.75) is 25.8 Å². The summed E-state index contributed by atoms with van der Waals surface area (Å²) in [7, 11) is 0. The molecule has 5 N–H and O–H groups in total. The zero-order valence-electron chi connectivity index (χ0n) is 18.0. The normalized spacial score (nSPS) is 12.5. The van der Waals surface area contributed by atoms with Gasteiger partial charge in [-0.15, -0.1) is 0 Å². The molecule has 1 atom stereocenters. The lowest BCUT2D eigenvalue weighted by Gasteiger charge is -2.21. The van der Waals surface area contributed by atoms with Gasteiger partial charge in [0.05, 0.1) is 22.6 Å². The summed E-state index contributed by atoms with van der Waals surface area (Å²) in [4.78, 5) is 25.6. The van der Waals surface area contributed by atoms with E-state index in [1.807, 2.05) is 0 Å². The Morgan fingerprint density at radius 1 is 0.971 bits per heavy atom. The first-order valence-corrected chi connectivity index (χ1v) is 10.1. The van der Waals surface area contributed by atoms with E-state index < -0.39 is 46.8 Å². The number of nitrogen functional groups attached to an aromatic ring is 2. The van der Waals surface area contributed by atoms with E-state index in [-0.39, 0.29) is 34.6 Å². The van der Waals surface area contributed by atoms with E-state index >= 15 is 0 Å². The van der Waals surface area contributed by atoms with Crippen molar-refractivity contribution in [2.24, 2.45) is 0 Å². The van der Waals surface area contributed by atoms with Gasteiger partial charge in [-0.25, -0.2) is 26.9 Å². The molecular formula is C22H18F5N7O. The second-order valence-corrected chi connectivity index (χ2v) is 7.60. The van der Waals surface area contributed by atoms with Crippen molar-refractivity contribution in [2.75, 3.05) is 16.8 Å². The number of aromatic nitrogens is 4. The van der Waals surface area contributed by atoms with Gasteiger partial charge in [0, 0.05) is 17.2 Å². The smallest absolute Gasteiger partial charge is 0.266 e. The second kappa shape index (κ2) is 9.16. The lowest BCUT2D eigenvalue weighted by atomic mass is 10.1. The molecule has 0 saturated heterocycles. The lowest BCUT2D eigenvalue weighted by Crippen LogP contribution is -2.28. The largest absolute Gasteiger partial charge is 0.383 e. The number of benzene rings is 2. The van der Waals surface area contributed by atoms with Gasteiger partial charge in [0.1, 0.15) is 23.3 Å². The van der Waals surface area contributed by atoms with Gasteiger partial charge < -0.3 is 16.8 Å². The first-order chi connectivity index (χ1) is 16.5. The van der Waals surface area contributed by atoms with E-state index in [2.05, 4.69) is 20.3 Å². The molecule has 0 aliphatic rings. The topological polar surface area (TPSA) is 125 Å². The third kappa shape index (κ3) is 4.69. The number of fused-ring (bicyclic) bond motifs is 1. The van der Waals surface area contributed by atoms with Gasteiger partial charge in [0.15, 0.2) is 0 Å². The van der Waals surface area contributed by atoms with Crippen LogP contribution in [0.3, 0.4) is 0 Å². The molecule has 0 aliphatic heterocycles. The van der Waals surface area contributed by atoms with Crippen molar-refractivity contribution < 1.29 is 22.0 Å². The summed E-state index contributed by atoms with van der Waals surface area (Å²) in [6.07, 6.45) is -6.06. The van der Waals surface area contributed by atoms with Crippen LogP contribution in [0.5, 0.6) is 0 Å². The molecule has 0 aliphatic carbocycles. The van der Waals surface area contributed by atoms with Crippen molar-refractivity contribution in [1.82, 2.24) is 19.5 Å². The molecule has 0 bridgehead atoms. The number of nitrogens with two attached hydrogens (primary N) is 2. The Bertz CT molecular complexity index is 1450. The number of nitrogens with zero attached hydrogens (tertiary/aromatic N) is 4. The molecule has 13 heteroatoms. The molecule has 182 valence electrons. The van der Waals surface area contributed by atoms with Gasteiger partial charge in [0.25, 0.3) is 18.4 Å². The molecular weight excluding hydrogens is 473 g/mol. The molecule has 0 spiro atoms. The summed E-state index contributed by atoms with van der Waals surface area (Å²) in [6.45, 7) is 1.54. The van der Waals surface area contributed by atoms with Crippen LogP contribution in [0.4, 0.5) is 39.5 Å². The third-order valence-corrected chi connectivity index (χ3v) is 5.12. The predicted molar refractivity (Wildman–Crippen MR) is 120 cm³/mol. The molecule has 0 saturated carbocycles. The minimum atomic E-state index is -3.05. The molecule has 35 heavy (non-hydrogen) atoms. The Morgan fingerprint density at radius 3 is 2.37 bits per heavy atom. The molecule has 4 aromatic rings. The fourth-order valence-corrected chi connectivity index (χ4v) is 3.69. The number of halogens is 5. The number of hydrogen-bond acceptors (Lipinski definition) is 7. The average Bonchev–Trinajstić information content (AvgIpc) is 2.77. The molecule has 2 heterocycles. The fraction of sp³-hybridized carbons (Fsp3) is 0.182. The van der Waals surface area contributed by atoms with Gasteiger partial charge in [0.2, 0.25) is 5.95 Å². The standard InChI is InChI=1S/C22H18F5N7O/c1-9(30-16-8-15(28)32-22(29)33-16)20-31-14-4-2-3-13(19(26)27)17(14)21(35)34(20)12-6-10(18(24)25)5-11(23)7-12/h2-9,18-19H,1H3,(H5,28,29,30,32,33)/t9-/m0/s1. The summed E-state index contributed by atoms with van der Waals surface area (Å²) < 4.78 is 69.2. The maximum absolute atomic E-state index is 14.2. The van der Waals surface area contributed by atoms with Crippen LogP contribution in [0.25, 0.3) is 16.6 Å². The van der Waals surface area contributed by atoms with Crippen LogP contribution >= 0.6 is 0 Å². The van der Waals surface area contributed by atoms with Gasteiger partial charge in [-0.1, -0.05) is 12.1 Å². The molecule has 0 amide bonds. The van der Waals surface area contributed by atoms with Crippen LogP contribution in [0.2, 0.25) is 0 Å². The number of anilines is 3. The second-order valence-electron chi connectivity index (χ2n) is 7.60. The van der Waals surface area contributed by atoms with Gasteiger partial charge in [-0.05, 0) is 31.2 Å². The van der Waals surface area contributed by atoms with Crippen molar-refractivity contribution in [3.05, 3.63) is 75.6 Å². The number of hydrogen-bond donors (Lipinski definition) is 3. The monoisotopic (exact) mass is 491 g/mol. The van der Waals surface area contributed by atoms with E-state index in [0.717, 1.165) is 22.8 Å². The van der Waals surface area contributed by atoms with E-state index in [1.54, 1.807) is 6.92 Å². The van der Waals surface area contributed by atoms with Gasteiger partial charge in [-0.3, -0.25) is 9.36 Å². The Kier molecular flexibility index (Phi) is 6.24. The molecule has 2 aromatic heterocycles. The van der Waals surface area contributed by atoms with Gasteiger partial charge in [-0.2, -0.15) is 9.97 Å². The highest BCUT2D eigenvalue weighted by atomic mass is 19.3. The van der Waals surface area contributed by atoms with Crippen LogP contribution in [0.1, 0.15) is 42.8 Å². The Morgan fingerprint density at radius 2 is 1.71 bits per heavy atom. The summed E-state index contributed by atoms with van der Waals surface area (Å²) in [5, 5.41) is 2.49. The van der Waals surface area contributed by atoms with Crippen LogP contribution in [0.15, 0.2) is 47.3 Å². The van der Waals surface area contributed by atoms with E-state index in [0.29, 0.717) is 6.07 Å². The highest BCUT2D eigenvalue weighted by molar-refractivity contribution is 5.82. The minimum absolute atomic E-state index is 0.0457. The quantitative estimate of drug-likeness (QED) is 0.339. The van der Waals surface area contributed by atoms with Crippen LogP contribution in [-0.4, -0.2) is 19.5 Å². The first kappa shape index (κ1) is 23.9. The summed E-state index contributed by atoms with van der Waals surface area (Å²) in [5.74, 6) is -1.08. The molecule has 0 radical (unpaired) electrons. The van der Waals surface area contributed by atoms with Crippen molar-refractivity contribution in [3.8, 4) is 5.69 Å². The zero-order chi connectivity index (χ0) is 25.4. The predicted octanol–water partition coefficient (Wildman–Crippen LogP) is 4.53. The first-order valence-electron chi connectivity index (χ1n) is 10.1. The van der Waals surface area contributed by atoms with E-state index in [9.17, 15) is 26.7 Å². The SMILES string of the molecule is C[C@H](Nc1cc(N)nc(N)n1)c1nc2cccc(C(F)F)c2c(=O)n1-c1cc(F)cc(C(F)F)c1. The maximum atomic E-state index is 14.2. The van der Waals surface area contributed by atoms with Crippen molar-refractivity contribution in [3.63, 3.8) is 0 Å². The molecule has 0 unspecified atom stereocenters. The Hall–Kier alpha value is -4.29. The Balaban J connectivity index is 2.00. The van der Waals surface area contributed by atoms with E-state index in [1.165, 1.54) is 18.2 Å². The summed E-state index contributed by atoms with van der Waals surface area (Å²) in [5.41, 5.74) is 8.63. The summed E-state index contributed by atoms with van der Waals surface area (Å²) >= 11 is 0. The molecule has 4 rings (SSSR count). The molecule has 2 aromatic carbocycles. The zero-order valence-corrected chi connectivity index (χ0v) is 18.0. The van der Waals surface area contributed by atoms with E-state index in [4.69, 9.17) is 11.5 Å². The minimum Gasteiger partial charge on any atom is -0.383 e. The summed E-state index contributed by atoms with van der Waals surface area (Å²) in [6, 6.07) is 6.55. The maximum Gasteiger partial charge on any atom is 0.266 e. The number of nitrogens with one attached hydrogen (secondary N) is 1. The highest BCUT2D eigenvalue weighted by Crippen LogP contribution is 2.29. The number of rotatable bonds is 6. The molecule has 0 fully saturated rings. The van der Waals surface area contributed by atoms with Gasteiger partial charge >= 0.3 is 0 Å². The number of alkyl halides is 4. The van der Waals surface area contributed by atoms with Crippen molar-refractivity contribution in [1.29, 1.82) is 0 Å². The van der Waals surface area contributed by atoms with Crippen LogP contribution in [0, 0.1) is 5.82 Å². The molecule has 8 nitrogen and oxygen atoms in total. The fourth-order valence-electron chi connectivity index (χ4n) is 3.69. The highest BCUT2D eigenvalue weighted by Gasteiger charge is 2.24.